The summed E-state index contributed by atoms with van der Waals surface area (Å²) >= 11 is 0. The van der Waals surface area contributed by atoms with Crippen LogP contribution in [0.4, 0.5) is 28.4 Å². The Labute approximate surface area is 223 Å². The molecule has 0 aliphatic heterocycles. The van der Waals surface area contributed by atoms with E-state index in [1.807, 2.05) is 6.07 Å². The molecule has 0 saturated carbocycles. The van der Waals surface area contributed by atoms with Crippen molar-refractivity contribution in [3.63, 3.8) is 0 Å². The summed E-state index contributed by atoms with van der Waals surface area (Å²) in [6.07, 6.45) is 4.33. The number of benzene rings is 4. The zero-order valence-corrected chi connectivity index (χ0v) is 22.6. The van der Waals surface area contributed by atoms with Gasteiger partial charge in [0.05, 0.1) is 0 Å². The van der Waals surface area contributed by atoms with Crippen LogP contribution in [0.3, 0.4) is 0 Å². The number of hydrogen-bond donors (Lipinski definition) is 0. The molecule has 0 atom stereocenters. The topological polar surface area (TPSA) is 9.72 Å². The zero-order valence-electron chi connectivity index (χ0n) is 22.6. The minimum atomic E-state index is 1.00. The van der Waals surface area contributed by atoms with Crippen LogP contribution in [0.2, 0.25) is 0 Å². The molecule has 0 N–H and O–H groups in total. The predicted octanol–water partition coefficient (Wildman–Crippen LogP) is 9.02. The van der Waals surface area contributed by atoms with Crippen molar-refractivity contribution < 1.29 is 0 Å². The van der Waals surface area contributed by atoms with Gasteiger partial charge in [-0.1, -0.05) is 54.6 Å². The number of nitrogens with zero attached hydrogens (tertiary/aromatic N) is 3. The van der Waals surface area contributed by atoms with Crippen molar-refractivity contribution in [3.8, 4) is 0 Å². The Morgan fingerprint density at radius 1 is 0.405 bits per heavy atom. The summed E-state index contributed by atoms with van der Waals surface area (Å²) in [5.74, 6) is 0. The third-order valence-corrected chi connectivity index (χ3v) is 6.89. The molecule has 4 rings (SSSR count). The molecule has 0 fully saturated rings. The highest BCUT2D eigenvalue weighted by Crippen LogP contribution is 2.36. The van der Waals surface area contributed by atoms with Crippen molar-refractivity contribution in [2.45, 2.75) is 27.7 Å². The van der Waals surface area contributed by atoms with Crippen LogP contribution in [-0.4, -0.2) is 26.2 Å². The lowest BCUT2D eigenvalue weighted by Gasteiger charge is -2.28. The molecule has 0 aromatic heterocycles. The van der Waals surface area contributed by atoms with Crippen molar-refractivity contribution in [3.05, 3.63) is 114 Å². The van der Waals surface area contributed by atoms with E-state index in [1.165, 1.54) is 22.5 Å². The molecule has 0 unspecified atom stereocenters. The second kappa shape index (κ2) is 12.8. The fraction of sp³-hybridized carbons (Fsp3) is 0.235. The largest absolute Gasteiger partial charge is 0.372 e. The van der Waals surface area contributed by atoms with Gasteiger partial charge in [-0.2, -0.15) is 0 Å². The van der Waals surface area contributed by atoms with Gasteiger partial charge in [-0.05, 0) is 99.5 Å². The van der Waals surface area contributed by atoms with Crippen LogP contribution in [-0.2, 0) is 0 Å². The van der Waals surface area contributed by atoms with Crippen LogP contribution in [0, 0.1) is 0 Å². The van der Waals surface area contributed by atoms with Crippen LogP contribution in [0.25, 0.3) is 12.2 Å². The Kier molecular flexibility index (Phi) is 9.04. The van der Waals surface area contributed by atoms with Gasteiger partial charge in [0.15, 0.2) is 0 Å². The van der Waals surface area contributed by atoms with E-state index in [0.29, 0.717) is 0 Å². The van der Waals surface area contributed by atoms with E-state index < -0.39 is 0 Å². The minimum absolute atomic E-state index is 1.00. The third kappa shape index (κ3) is 6.42. The maximum Gasteiger partial charge on any atom is 0.0463 e. The molecule has 3 nitrogen and oxygen atoms in total. The van der Waals surface area contributed by atoms with E-state index in [4.69, 9.17) is 0 Å². The normalized spacial score (nSPS) is 11.0. The first-order valence-electron chi connectivity index (χ1n) is 13.5. The molecular formula is C34H39N3. The van der Waals surface area contributed by atoms with Crippen LogP contribution >= 0.6 is 0 Å². The smallest absolute Gasteiger partial charge is 0.0463 e. The molecule has 3 heteroatoms. The first-order chi connectivity index (χ1) is 18.2. The maximum absolute atomic E-state index is 2.38. The first kappa shape index (κ1) is 26.1. The summed E-state index contributed by atoms with van der Waals surface area (Å²) < 4.78 is 0. The second-order valence-corrected chi connectivity index (χ2v) is 9.05. The lowest BCUT2D eigenvalue weighted by Crippen LogP contribution is -2.22. The first-order valence-corrected chi connectivity index (χ1v) is 13.5. The maximum atomic E-state index is 2.38. The Morgan fingerprint density at radius 2 is 0.730 bits per heavy atom. The van der Waals surface area contributed by atoms with E-state index in [0.717, 1.165) is 43.2 Å². The van der Waals surface area contributed by atoms with Crippen LogP contribution in [0.1, 0.15) is 38.8 Å². The summed E-state index contributed by atoms with van der Waals surface area (Å²) in [4.78, 5) is 7.09. The molecule has 0 saturated heterocycles. The Hall–Kier alpha value is -3.98. The average Bonchev–Trinajstić information content (AvgIpc) is 2.96. The van der Waals surface area contributed by atoms with E-state index in [9.17, 15) is 0 Å². The van der Waals surface area contributed by atoms with Gasteiger partial charge in [0.1, 0.15) is 0 Å². The molecule has 190 valence electrons. The molecule has 0 amide bonds. The Bertz CT molecular complexity index is 1180. The predicted molar refractivity (Wildman–Crippen MR) is 164 cm³/mol. The van der Waals surface area contributed by atoms with Crippen molar-refractivity contribution in [1.82, 2.24) is 0 Å². The summed E-state index contributed by atoms with van der Waals surface area (Å²) in [7, 11) is 0. The minimum Gasteiger partial charge on any atom is -0.372 e. The Balaban J connectivity index is 1.67. The highest BCUT2D eigenvalue weighted by Gasteiger charge is 2.14. The molecule has 0 radical (unpaired) electrons. The van der Waals surface area contributed by atoms with Crippen LogP contribution in [0.15, 0.2) is 103 Å². The van der Waals surface area contributed by atoms with Gasteiger partial charge in [0.2, 0.25) is 0 Å². The average molecular weight is 490 g/mol. The van der Waals surface area contributed by atoms with Crippen LogP contribution < -0.4 is 14.7 Å². The fourth-order valence-corrected chi connectivity index (χ4v) is 4.74. The van der Waals surface area contributed by atoms with Crippen LogP contribution in [0.5, 0.6) is 0 Å². The van der Waals surface area contributed by atoms with Gasteiger partial charge < -0.3 is 14.7 Å². The molecule has 0 aliphatic carbocycles. The molecule has 4 aromatic carbocycles. The molecular weight excluding hydrogens is 450 g/mol. The SMILES string of the molecule is CCN(CC)c1ccc(N(c2ccc(/C=C/c3ccccc3)cc2)c2ccc(N(CC)CC)cc2)cc1. The zero-order chi connectivity index (χ0) is 26.0. The molecule has 4 aromatic rings. The summed E-state index contributed by atoms with van der Waals surface area (Å²) in [5, 5.41) is 0. The monoisotopic (exact) mass is 489 g/mol. The number of anilines is 5. The summed E-state index contributed by atoms with van der Waals surface area (Å²) in [6, 6.07) is 37.1. The van der Waals surface area contributed by atoms with Crippen molar-refractivity contribution >= 4 is 40.6 Å². The highest BCUT2D eigenvalue weighted by molar-refractivity contribution is 5.79. The van der Waals surface area contributed by atoms with Gasteiger partial charge in [-0.15, -0.1) is 0 Å². The Morgan fingerprint density at radius 3 is 1.11 bits per heavy atom. The lowest BCUT2D eigenvalue weighted by molar-refractivity contribution is 0.866. The van der Waals surface area contributed by atoms with Gasteiger partial charge in [-0.25, -0.2) is 0 Å². The second-order valence-electron chi connectivity index (χ2n) is 9.05. The van der Waals surface area contributed by atoms with Crippen molar-refractivity contribution in [2.75, 3.05) is 40.9 Å². The molecule has 37 heavy (non-hydrogen) atoms. The molecule has 0 heterocycles. The highest BCUT2D eigenvalue weighted by atomic mass is 15.2. The van der Waals surface area contributed by atoms with Gasteiger partial charge in [0.25, 0.3) is 0 Å². The third-order valence-electron chi connectivity index (χ3n) is 6.89. The van der Waals surface area contributed by atoms with E-state index in [2.05, 4.69) is 152 Å². The molecule has 0 aliphatic rings. The number of hydrogen-bond acceptors (Lipinski definition) is 3. The van der Waals surface area contributed by atoms with Crippen molar-refractivity contribution in [2.24, 2.45) is 0 Å². The fourth-order valence-electron chi connectivity index (χ4n) is 4.74. The quantitative estimate of drug-likeness (QED) is 0.195. The number of rotatable bonds is 11. The van der Waals surface area contributed by atoms with E-state index >= 15 is 0 Å². The van der Waals surface area contributed by atoms with Gasteiger partial charge in [0, 0.05) is 54.6 Å². The summed E-state index contributed by atoms with van der Waals surface area (Å²) in [6.45, 7) is 12.8. The van der Waals surface area contributed by atoms with Gasteiger partial charge >= 0.3 is 0 Å². The van der Waals surface area contributed by atoms with Gasteiger partial charge in [-0.3, -0.25) is 0 Å². The van der Waals surface area contributed by atoms with E-state index in [1.54, 1.807) is 0 Å². The van der Waals surface area contributed by atoms with E-state index in [-0.39, 0.29) is 0 Å². The van der Waals surface area contributed by atoms with Crippen molar-refractivity contribution in [1.29, 1.82) is 0 Å². The lowest BCUT2D eigenvalue weighted by atomic mass is 10.1. The summed E-state index contributed by atoms with van der Waals surface area (Å²) in [5.41, 5.74) is 8.34. The molecule has 0 spiro atoms. The standard InChI is InChI=1S/C34H39N3/c1-5-35(6-2)30-20-24-33(25-21-30)37(34-26-22-31(23-27-34)36(7-3)8-4)32-18-16-29(17-19-32)15-14-28-12-10-9-11-13-28/h9-27H,5-8H2,1-4H3/b15-14+. The molecule has 0 bridgehead atoms.